The van der Waals surface area contributed by atoms with Crippen molar-refractivity contribution in [3.63, 3.8) is 0 Å². The summed E-state index contributed by atoms with van der Waals surface area (Å²) in [6.07, 6.45) is 2.00. The fourth-order valence-corrected chi connectivity index (χ4v) is 3.54. The second-order valence-electron chi connectivity index (χ2n) is 5.27. The molecule has 0 spiro atoms. The topological polar surface area (TPSA) is 49.8 Å². The Kier molecular flexibility index (Phi) is 5.80. The Hall–Kier alpha value is -1.35. The molecule has 0 radical (unpaired) electrons. The van der Waals surface area contributed by atoms with Gasteiger partial charge in [0.25, 0.3) is 5.91 Å². The van der Waals surface area contributed by atoms with Crippen LogP contribution in [0.4, 0.5) is 0 Å². The molecular formula is C16H21NO3S. The minimum absolute atomic E-state index is 0.0935. The Morgan fingerprint density at radius 3 is 2.86 bits per heavy atom. The van der Waals surface area contributed by atoms with E-state index in [4.69, 9.17) is 9.84 Å². The van der Waals surface area contributed by atoms with Crippen LogP contribution in [-0.4, -0.2) is 49.3 Å². The smallest absolute Gasteiger partial charge is 0.263 e. The van der Waals surface area contributed by atoms with E-state index in [0.717, 1.165) is 47.9 Å². The average Bonchev–Trinajstić information content (AvgIpc) is 2.86. The number of thiophene rings is 1. The minimum atomic E-state index is -0.159. The van der Waals surface area contributed by atoms with Crippen molar-refractivity contribution < 1.29 is 14.6 Å². The molecule has 0 saturated carbocycles. The van der Waals surface area contributed by atoms with Crippen LogP contribution in [0.1, 0.15) is 33.0 Å². The molecule has 114 valence electrons. The predicted octanol–water partition coefficient (Wildman–Crippen LogP) is 1.90. The van der Waals surface area contributed by atoms with Crippen molar-refractivity contribution in [2.24, 2.45) is 5.92 Å². The molecule has 5 heteroatoms. The lowest BCUT2D eigenvalue weighted by Gasteiger charge is -2.31. The van der Waals surface area contributed by atoms with Crippen LogP contribution in [0.3, 0.4) is 0 Å². The van der Waals surface area contributed by atoms with Gasteiger partial charge >= 0.3 is 0 Å². The van der Waals surface area contributed by atoms with E-state index in [2.05, 4.69) is 11.8 Å². The van der Waals surface area contributed by atoms with Crippen LogP contribution in [0.25, 0.3) is 0 Å². The van der Waals surface area contributed by atoms with Crippen molar-refractivity contribution in [3.8, 4) is 11.8 Å². The SMILES string of the molecule is COCC1CCN(C(=O)c2cc(C)c(C#CCO)s2)CC1. The summed E-state index contributed by atoms with van der Waals surface area (Å²) in [5.74, 6) is 6.19. The van der Waals surface area contributed by atoms with Crippen LogP contribution in [0.2, 0.25) is 0 Å². The highest BCUT2D eigenvalue weighted by atomic mass is 32.1. The van der Waals surface area contributed by atoms with Crippen LogP contribution in [0.15, 0.2) is 6.07 Å². The number of aliphatic hydroxyl groups excluding tert-OH is 1. The Labute approximate surface area is 129 Å². The standard InChI is InChI=1S/C16H21NO3S/c1-12-10-15(21-14(12)4-3-9-18)16(19)17-7-5-13(6-8-17)11-20-2/h10,13,18H,5-9,11H2,1-2H3. The van der Waals surface area contributed by atoms with E-state index in [1.54, 1.807) is 7.11 Å². The van der Waals surface area contributed by atoms with Gasteiger partial charge in [-0.1, -0.05) is 11.8 Å². The molecule has 0 aromatic carbocycles. The van der Waals surface area contributed by atoms with E-state index in [9.17, 15) is 4.79 Å². The lowest BCUT2D eigenvalue weighted by molar-refractivity contribution is 0.0618. The number of nitrogens with zero attached hydrogens (tertiary/aromatic N) is 1. The maximum absolute atomic E-state index is 12.5. The number of piperidine rings is 1. The van der Waals surface area contributed by atoms with Gasteiger partial charge in [-0.15, -0.1) is 11.3 Å². The van der Waals surface area contributed by atoms with Gasteiger partial charge in [-0.3, -0.25) is 4.79 Å². The van der Waals surface area contributed by atoms with Crippen LogP contribution < -0.4 is 0 Å². The number of ether oxygens (including phenoxy) is 1. The molecule has 1 N–H and O–H groups in total. The van der Waals surface area contributed by atoms with Crippen LogP contribution in [0, 0.1) is 24.7 Å². The highest BCUT2D eigenvalue weighted by molar-refractivity contribution is 7.14. The van der Waals surface area contributed by atoms with Gasteiger partial charge < -0.3 is 14.7 Å². The van der Waals surface area contributed by atoms with Crippen molar-refractivity contribution in [2.45, 2.75) is 19.8 Å². The molecule has 2 heterocycles. The largest absolute Gasteiger partial charge is 0.384 e. The van der Waals surface area contributed by atoms with Gasteiger partial charge in [0.05, 0.1) is 9.75 Å². The molecule has 0 unspecified atom stereocenters. The van der Waals surface area contributed by atoms with E-state index >= 15 is 0 Å². The first-order valence-corrected chi connectivity index (χ1v) is 7.95. The third-order valence-electron chi connectivity index (χ3n) is 3.71. The number of carbonyl (C=O) groups is 1. The number of amides is 1. The van der Waals surface area contributed by atoms with Gasteiger partial charge in [0.15, 0.2) is 0 Å². The molecule has 21 heavy (non-hydrogen) atoms. The zero-order valence-corrected chi connectivity index (χ0v) is 13.3. The fourth-order valence-electron chi connectivity index (χ4n) is 2.53. The summed E-state index contributed by atoms with van der Waals surface area (Å²) in [6, 6.07) is 1.90. The van der Waals surface area contributed by atoms with Gasteiger partial charge in [-0.2, -0.15) is 0 Å². The number of methoxy groups -OCH3 is 1. The molecule has 2 rings (SSSR count). The lowest BCUT2D eigenvalue weighted by atomic mass is 9.98. The van der Waals surface area contributed by atoms with Gasteiger partial charge in [-0.25, -0.2) is 0 Å². The summed E-state index contributed by atoms with van der Waals surface area (Å²) < 4.78 is 5.18. The second kappa shape index (κ2) is 7.60. The maximum atomic E-state index is 12.5. The molecule has 1 fully saturated rings. The van der Waals surface area contributed by atoms with Gasteiger partial charge in [0.2, 0.25) is 0 Å². The molecule has 4 nitrogen and oxygen atoms in total. The molecule has 1 aliphatic rings. The van der Waals surface area contributed by atoms with E-state index < -0.39 is 0 Å². The second-order valence-corrected chi connectivity index (χ2v) is 6.33. The van der Waals surface area contributed by atoms with E-state index in [0.29, 0.717) is 5.92 Å². The van der Waals surface area contributed by atoms with Gasteiger partial charge in [0, 0.05) is 26.8 Å². The first-order valence-electron chi connectivity index (χ1n) is 7.14. The quantitative estimate of drug-likeness (QED) is 0.868. The number of carbonyl (C=O) groups excluding carboxylic acids is 1. The Morgan fingerprint density at radius 1 is 1.52 bits per heavy atom. The molecule has 0 aliphatic carbocycles. The number of aryl methyl sites for hydroxylation is 1. The van der Waals surface area contributed by atoms with Crippen molar-refractivity contribution in [3.05, 3.63) is 21.4 Å². The Balaban J connectivity index is 2.01. The van der Waals surface area contributed by atoms with Crippen molar-refractivity contribution >= 4 is 17.2 Å². The van der Waals surface area contributed by atoms with Gasteiger partial charge in [-0.05, 0) is 37.3 Å². The third-order valence-corrected chi connectivity index (χ3v) is 4.85. The highest BCUT2D eigenvalue weighted by Gasteiger charge is 2.24. The molecule has 1 amide bonds. The monoisotopic (exact) mass is 307 g/mol. The number of rotatable bonds is 3. The summed E-state index contributed by atoms with van der Waals surface area (Å²) in [5.41, 5.74) is 0.999. The summed E-state index contributed by atoms with van der Waals surface area (Å²) in [7, 11) is 1.72. The van der Waals surface area contributed by atoms with E-state index in [1.165, 1.54) is 11.3 Å². The van der Waals surface area contributed by atoms with Crippen molar-refractivity contribution in [1.29, 1.82) is 0 Å². The van der Waals surface area contributed by atoms with Crippen molar-refractivity contribution in [1.82, 2.24) is 4.90 Å². The minimum Gasteiger partial charge on any atom is -0.384 e. The van der Waals surface area contributed by atoms with Crippen LogP contribution in [-0.2, 0) is 4.74 Å². The Bertz CT molecular complexity index is 548. The summed E-state index contributed by atoms with van der Waals surface area (Å²) >= 11 is 1.41. The number of hydrogen-bond donors (Lipinski definition) is 1. The first-order chi connectivity index (χ1) is 10.2. The lowest BCUT2D eigenvalue weighted by Crippen LogP contribution is -2.39. The molecule has 1 saturated heterocycles. The van der Waals surface area contributed by atoms with E-state index in [1.807, 2.05) is 17.9 Å². The van der Waals surface area contributed by atoms with Crippen LogP contribution >= 0.6 is 11.3 Å². The maximum Gasteiger partial charge on any atom is 0.263 e. The zero-order valence-electron chi connectivity index (χ0n) is 12.5. The normalized spacial score (nSPS) is 15.7. The molecule has 0 bridgehead atoms. The molecule has 1 aromatic heterocycles. The van der Waals surface area contributed by atoms with E-state index in [-0.39, 0.29) is 12.5 Å². The zero-order chi connectivity index (χ0) is 15.2. The number of aliphatic hydroxyl groups is 1. The first kappa shape index (κ1) is 16.0. The summed E-state index contributed by atoms with van der Waals surface area (Å²) in [6.45, 7) is 4.15. The fraction of sp³-hybridized carbons (Fsp3) is 0.562. The number of hydrogen-bond acceptors (Lipinski definition) is 4. The van der Waals surface area contributed by atoms with Crippen molar-refractivity contribution in [2.75, 3.05) is 33.4 Å². The molecular weight excluding hydrogens is 286 g/mol. The number of likely N-dealkylation sites (tertiary alicyclic amines) is 1. The average molecular weight is 307 g/mol. The highest BCUT2D eigenvalue weighted by Crippen LogP contribution is 2.25. The van der Waals surface area contributed by atoms with Gasteiger partial charge in [0.1, 0.15) is 6.61 Å². The summed E-state index contributed by atoms with van der Waals surface area (Å²) in [5, 5.41) is 8.75. The third kappa shape index (κ3) is 4.07. The molecule has 1 aliphatic heterocycles. The predicted molar refractivity (Wildman–Crippen MR) is 83.5 cm³/mol. The summed E-state index contributed by atoms with van der Waals surface area (Å²) in [4.78, 5) is 16.0. The Morgan fingerprint density at radius 2 is 2.24 bits per heavy atom. The van der Waals surface area contributed by atoms with Crippen LogP contribution in [0.5, 0.6) is 0 Å². The molecule has 0 atom stereocenters. The molecule has 1 aromatic rings.